The van der Waals surface area contributed by atoms with Crippen molar-refractivity contribution < 1.29 is 4.74 Å². The molecule has 134 valence electrons. The highest BCUT2D eigenvalue weighted by molar-refractivity contribution is 14.1. The van der Waals surface area contributed by atoms with Crippen molar-refractivity contribution in [2.24, 2.45) is 0 Å². The number of H-pyrrole nitrogens is 1. The maximum atomic E-state index is 5.67. The Bertz CT molecular complexity index is 749. The van der Waals surface area contributed by atoms with Gasteiger partial charge in [0.25, 0.3) is 0 Å². The second-order valence-corrected chi connectivity index (χ2v) is 7.73. The van der Waals surface area contributed by atoms with E-state index in [0.717, 1.165) is 30.4 Å². The minimum Gasteiger partial charge on any atom is -0.385 e. The lowest BCUT2D eigenvalue weighted by Gasteiger charge is -2.28. The van der Waals surface area contributed by atoms with E-state index in [2.05, 4.69) is 62.7 Å². The number of aromatic nitrogens is 2. The van der Waals surface area contributed by atoms with Gasteiger partial charge in [0.05, 0.1) is 17.8 Å². The Balaban J connectivity index is 2.02. The molecule has 1 fully saturated rings. The summed E-state index contributed by atoms with van der Waals surface area (Å²) in [5, 5.41) is 4.28. The predicted octanol–water partition coefficient (Wildman–Crippen LogP) is 3.64. The highest BCUT2D eigenvalue weighted by atomic mass is 127. The number of thiocarbonyl (C=S) groups is 1. The highest BCUT2D eigenvalue weighted by Gasteiger charge is 2.41. The van der Waals surface area contributed by atoms with E-state index in [1.807, 2.05) is 18.3 Å². The number of hydrogen-bond acceptors (Lipinski definition) is 3. The second-order valence-electron chi connectivity index (χ2n) is 6.27. The minimum atomic E-state index is 0.0404. The second kappa shape index (κ2) is 8.01. The van der Waals surface area contributed by atoms with E-state index >= 15 is 0 Å². The van der Waals surface area contributed by atoms with Gasteiger partial charge in [-0.2, -0.15) is 0 Å². The average molecular weight is 470 g/mol. The summed E-state index contributed by atoms with van der Waals surface area (Å²) in [7, 11) is 1.73. The standard InChI is InChI=1S/C18H23IN4OS/c1-11-14(15(19)12(2)21-11)17-16(13-7-4-5-8-20-13)22-18(25)23(17)9-6-10-24-3/h4-5,7-8,16-17,21H,6,9-10H2,1-3H3,(H,22,25)/t16-,17-/m0/s1. The zero-order valence-electron chi connectivity index (χ0n) is 14.7. The molecule has 25 heavy (non-hydrogen) atoms. The number of methoxy groups -OCH3 is 1. The van der Waals surface area contributed by atoms with Crippen LogP contribution in [-0.4, -0.2) is 40.2 Å². The Hall–Kier alpha value is -1.19. The van der Waals surface area contributed by atoms with Crippen LogP contribution in [0, 0.1) is 17.4 Å². The molecule has 0 aliphatic carbocycles. The largest absolute Gasteiger partial charge is 0.385 e. The van der Waals surface area contributed by atoms with E-state index in [9.17, 15) is 0 Å². The monoisotopic (exact) mass is 470 g/mol. The highest BCUT2D eigenvalue weighted by Crippen LogP contribution is 2.42. The number of aromatic amines is 1. The van der Waals surface area contributed by atoms with Gasteiger partial charge in [0.15, 0.2) is 5.11 Å². The number of hydrogen-bond donors (Lipinski definition) is 2. The molecule has 1 saturated heterocycles. The molecule has 0 unspecified atom stereocenters. The quantitative estimate of drug-likeness (QED) is 0.384. The van der Waals surface area contributed by atoms with Crippen LogP contribution in [0.15, 0.2) is 24.4 Å². The van der Waals surface area contributed by atoms with Crippen LogP contribution in [0.4, 0.5) is 0 Å². The van der Waals surface area contributed by atoms with E-state index < -0.39 is 0 Å². The number of ether oxygens (including phenoxy) is 1. The van der Waals surface area contributed by atoms with Crippen molar-refractivity contribution in [3.63, 3.8) is 0 Å². The first kappa shape index (κ1) is 18.6. The molecular formula is C18H23IN4OS. The Labute approximate surface area is 167 Å². The number of halogens is 1. The van der Waals surface area contributed by atoms with Crippen LogP contribution in [-0.2, 0) is 4.74 Å². The van der Waals surface area contributed by atoms with Gasteiger partial charge < -0.3 is 19.9 Å². The molecule has 0 bridgehead atoms. The molecule has 1 aliphatic rings. The molecule has 2 aromatic heterocycles. The number of nitrogens with one attached hydrogen (secondary N) is 2. The first-order valence-corrected chi connectivity index (χ1v) is 9.84. The lowest BCUT2D eigenvalue weighted by Crippen LogP contribution is -2.31. The van der Waals surface area contributed by atoms with Crippen LogP contribution in [0.5, 0.6) is 0 Å². The van der Waals surface area contributed by atoms with Crippen LogP contribution in [0.2, 0.25) is 0 Å². The fourth-order valence-electron chi connectivity index (χ4n) is 3.46. The van der Waals surface area contributed by atoms with E-state index in [1.54, 1.807) is 7.11 Å². The van der Waals surface area contributed by atoms with Gasteiger partial charge in [-0.15, -0.1) is 0 Å². The van der Waals surface area contributed by atoms with E-state index in [1.165, 1.54) is 20.5 Å². The molecule has 0 saturated carbocycles. The van der Waals surface area contributed by atoms with Gasteiger partial charge in [-0.25, -0.2) is 0 Å². The summed E-state index contributed by atoms with van der Waals surface area (Å²) < 4.78 is 6.50. The Morgan fingerprint density at radius 3 is 2.72 bits per heavy atom. The van der Waals surface area contributed by atoms with Crippen molar-refractivity contribution in [1.82, 2.24) is 20.2 Å². The number of pyridine rings is 1. The molecule has 2 N–H and O–H groups in total. The summed E-state index contributed by atoms with van der Waals surface area (Å²) in [6.45, 7) is 5.83. The first-order chi connectivity index (χ1) is 12.0. The van der Waals surface area contributed by atoms with Gasteiger partial charge in [-0.05, 0) is 67.2 Å². The Morgan fingerprint density at radius 1 is 1.32 bits per heavy atom. The molecule has 2 aromatic rings. The van der Waals surface area contributed by atoms with Crippen molar-refractivity contribution in [3.05, 3.63) is 50.6 Å². The van der Waals surface area contributed by atoms with Crippen LogP contribution in [0.1, 0.15) is 41.1 Å². The number of nitrogens with zero attached hydrogens (tertiary/aromatic N) is 2. The molecule has 5 nitrogen and oxygen atoms in total. The fraction of sp³-hybridized carbons (Fsp3) is 0.444. The summed E-state index contributed by atoms with van der Waals surface area (Å²) >= 11 is 8.10. The van der Waals surface area contributed by atoms with Gasteiger partial charge in [0.1, 0.15) is 0 Å². The van der Waals surface area contributed by atoms with Gasteiger partial charge in [-0.1, -0.05) is 6.07 Å². The molecule has 3 rings (SSSR count). The van der Waals surface area contributed by atoms with Crippen molar-refractivity contribution in [3.8, 4) is 0 Å². The Kier molecular flexibility index (Phi) is 5.96. The van der Waals surface area contributed by atoms with Crippen molar-refractivity contribution in [1.29, 1.82) is 0 Å². The molecule has 0 radical (unpaired) electrons. The summed E-state index contributed by atoms with van der Waals surface area (Å²) in [6.07, 6.45) is 2.77. The normalized spacial score (nSPS) is 20.2. The minimum absolute atomic E-state index is 0.0404. The van der Waals surface area contributed by atoms with Gasteiger partial charge in [0.2, 0.25) is 0 Å². The lowest BCUT2D eigenvalue weighted by molar-refractivity contribution is 0.180. The molecule has 0 amide bonds. The predicted molar refractivity (Wildman–Crippen MR) is 112 cm³/mol. The van der Waals surface area contributed by atoms with Crippen LogP contribution < -0.4 is 5.32 Å². The number of rotatable bonds is 6. The maximum Gasteiger partial charge on any atom is 0.170 e. The van der Waals surface area contributed by atoms with Crippen LogP contribution >= 0.6 is 34.8 Å². The summed E-state index contributed by atoms with van der Waals surface area (Å²) in [4.78, 5) is 10.3. The zero-order chi connectivity index (χ0) is 18.0. The van der Waals surface area contributed by atoms with E-state index in [4.69, 9.17) is 17.0 Å². The van der Waals surface area contributed by atoms with Crippen LogP contribution in [0.25, 0.3) is 0 Å². The van der Waals surface area contributed by atoms with Gasteiger partial charge in [0, 0.05) is 47.0 Å². The SMILES string of the molecule is COCCCN1C(=S)N[C@@H](c2ccccn2)[C@@H]1c1c(C)[nH]c(C)c1I. The molecule has 1 aliphatic heterocycles. The zero-order valence-corrected chi connectivity index (χ0v) is 17.6. The van der Waals surface area contributed by atoms with Gasteiger partial charge in [-0.3, -0.25) is 4.98 Å². The summed E-state index contributed by atoms with van der Waals surface area (Å²) in [6, 6.07) is 6.19. The maximum absolute atomic E-state index is 5.67. The topological polar surface area (TPSA) is 53.2 Å². The average Bonchev–Trinajstić information content (AvgIpc) is 3.05. The summed E-state index contributed by atoms with van der Waals surface area (Å²) in [5.74, 6) is 0. The molecule has 3 heterocycles. The van der Waals surface area contributed by atoms with Crippen LogP contribution in [0.3, 0.4) is 0 Å². The van der Waals surface area contributed by atoms with E-state index in [-0.39, 0.29) is 12.1 Å². The third kappa shape index (κ3) is 3.68. The Morgan fingerprint density at radius 2 is 2.12 bits per heavy atom. The molecule has 2 atom stereocenters. The third-order valence-corrected chi connectivity index (χ3v) is 6.33. The fourth-order valence-corrected chi connectivity index (χ4v) is 4.65. The third-order valence-electron chi connectivity index (χ3n) is 4.59. The van der Waals surface area contributed by atoms with Crippen molar-refractivity contribution in [2.45, 2.75) is 32.4 Å². The number of aryl methyl sites for hydroxylation is 2. The molecule has 7 heteroatoms. The molecule has 0 aromatic carbocycles. The molecule has 0 spiro atoms. The lowest BCUT2D eigenvalue weighted by atomic mass is 9.96. The van der Waals surface area contributed by atoms with E-state index in [0.29, 0.717) is 0 Å². The summed E-state index contributed by atoms with van der Waals surface area (Å²) in [5.41, 5.74) is 4.70. The smallest absolute Gasteiger partial charge is 0.170 e. The molecular weight excluding hydrogens is 447 g/mol. The van der Waals surface area contributed by atoms with Crippen molar-refractivity contribution in [2.75, 3.05) is 20.3 Å². The first-order valence-electron chi connectivity index (χ1n) is 8.36. The van der Waals surface area contributed by atoms with Gasteiger partial charge >= 0.3 is 0 Å². The van der Waals surface area contributed by atoms with Crippen molar-refractivity contribution >= 4 is 39.9 Å².